The Morgan fingerprint density at radius 3 is 2.00 bits per heavy atom. The summed E-state index contributed by atoms with van der Waals surface area (Å²) in [6.07, 6.45) is 0.285. The highest BCUT2D eigenvalue weighted by Gasteiger charge is 2.22. The van der Waals surface area contributed by atoms with E-state index in [2.05, 4.69) is 21.3 Å². The molecule has 0 saturated carbocycles. The molecule has 1 atom stereocenters. The summed E-state index contributed by atoms with van der Waals surface area (Å²) in [5.74, 6) is -1.87. The third kappa shape index (κ3) is 5.38. The Bertz CT molecular complexity index is 642. The predicted octanol–water partition coefficient (Wildman–Crippen LogP) is -1.62. The van der Waals surface area contributed by atoms with Gasteiger partial charge in [0, 0.05) is 6.42 Å². The number of hydrogen-bond donors (Lipinski definition) is 4. The molecule has 1 unspecified atom stereocenters. The number of hydrogen-bond acceptors (Lipinski definition) is 4. The maximum absolute atomic E-state index is 12.3. The highest BCUT2D eigenvalue weighted by molar-refractivity contribution is 5.94. The van der Waals surface area contributed by atoms with Gasteiger partial charge in [-0.25, -0.2) is 0 Å². The van der Waals surface area contributed by atoms with Gasteiger partial charge in [-0.05, 0) is 12.5 Å². The standard InChI is InChI=1S/C16H20N4O4/c1-10-2-4-11(5-3-10)6-12-16(24)19-8-14(22)17-7-13(21)18-9-15(23)20-12/h2-5,12H,6-9H2,1H3,(H,17,22)(H,18,21)(H,19,24)(H,20,23). The first-order valence-corrected chi connectivity index (χ1v) is 7.60. The molecule has 1 aromatic rings. The molecule has 0 bridgehead atoms. The number of carbonyl (C=O) groups excluding carboxylic acids is 4. The van der Waals surface area contributed by atoms with Gasteiger partial charge < -0.3 is 21.3 Å². The molecular formula is C16H20N4O4. The molecule has 1 aliphatic rings. The third-order valence-electron chi connectivity index (χ3n) is 3.53. The monoisotopic (exact) mass is 332 g/mol. The number of amides is 4. The topological polar surface area (TPSA) is 116 Å². The molecule has 0 aliphatic carbocycles. The summed E-state index contributed by atoms with van der Waals surface area (Å²) >= 11 is 0. The van der Waals surface area contributed by atoms with Crippen LogP contribution in [0.3, 0.4) is 0 Å². The molecule has 128 valence electrons. The van der Waals surface area contributed by atoms with Crippen LogP contribution in [0.15, 0.2) is 24.3 Å². The minimum atomic E-state index is -0.829. The lowest BCUT2D eigenvalue weighted by atomic mass is 10.0. The molecule has 24 heavy (non-hydrogen) atoms. The van der Waals surface area contributed by atoms with E-state index >= 15 is 0 Å². The van der Waals surface area contributed by atoms with Crippen molar-refractivity contribution in [2.75, 3.05) is 19.6 Å². The summed E-state index contributed by atoms with van der Waals surface area (Å²) in [5, 5.41) is 9.79. The van der Waals surface area contributed by atoms with Gasteiger partial charge in [0.1, 0.15) is 6.04 Å². The third-order valence-corrected chi connectivity index (χ3v) is 3.53. The van der Waals surface area contributed by atoms with E-state index in [0.717, 1.165) is 11.1 Å². The van der Waals surface area contributed by atoms with Crippen LogP contribution in [0.4, 0.5) is 0 Å². The molecule has 1 saturated heterocycles. The molecule has 0 radical (unpaired) electrons. The van der Waals surface area contributed by atoms with E-state index in [4.69, 9.17) is 0 Å². The molecule has 4 amide bonds. The summed E-state index contributed by atoms with van der Waals surface area (Å²) < 4.78 is 0. The van der Waals surface area contributed by atoms with Crippen molar-refractivity contribution in [3.8, 4) is 0 Å². The zero-order valence-corrected chi connectivity index (χ0v) is 13.3. The van der Waals surface area contributed by atoms with Crippen LogP contribution < -0.4 is 21.3 Å². The van der Waals surface area contributed by atoms with Crippen molar-refractivity contribution in [1.82, 2.24) is 21.3 Å². The fraction of sp³-hybridized carbons (Fsp3) is 0.375. The highest BCUT2D eigenvalue weighted by atomic mass is 16.2. The summed E-state index contributed by atoms with van der Waals surface area (Å²) in [5.41, 5.74) is 1.96. The molecule has 1 aliphatic heterocycles. The van der Waals surface area contributed by atoms with Crippen LogP contribution in [0, 0.1) is 6.92 Å². The van der Waals surface area contributed by atoms with Crippen molar-refractivity contribution in [3.05, 3.63) is 35.4 Å². The van der Waals surface area contributed by atoms with Crippen molar-refractivity contribution in [3.63, 3.8) is 0 Å². The second kappa shape index (κ2) is 8.09. The second-order valence-electron chi connectivity index (χ2n) is 5.58. The van der Waals surface area contributed by atoms with Crippen LogP contribution in [-0.4, -0.2) is 49.3 Å². The molecule has 0 spiro atoms. The second-order valence-corrected chi connectivity index (χ2v) is 5.58. The van der Waals surface area contributed by atoms with Gasteiger partial charge in [-0.15, -0.1) is 0 Å². The molecule has 4 N–H and O–H groups in total. The predicted molar refractivity (Wildman–Crippen MR) is 85.8 cm³/mol. The van der Waals surface area contributed by atoms with E-state index in [9.17, 15) is 19.2 Å². The molecule has 0 aromatic heterocycles. The molecule has 1 heterocycles. The molecular weight excluding hydrogens is 312 g/mol. The van der Waals surface area contributed by atoms with Gasteiger partial charge in [0.2, 0.25) is 23.6 Å². The Kier molecular flexibility index (Phi) is 5.89. The number of nitrogens with one attached hydrogen (secondary N) is 4. The Morgan fingerprint density at radius 2 is 1.38 bits per heavy atom. The van der Waals surface area contributed by atoms with Gasteiger partial charge in [-0.3, -0.25) is 19.2 Å². The van der Waals surface area contributed by atoms with Crippen LogP contribution in [0.25, 0.3) is 0 Å². The minimum absolute atomic E-state index is 0.241. The van der Waals surface area contributed by atoms with Crippen molar-refractivity contribution in [1.29, 1.82) is 0 Å². The first-order chi connectivity index (χ1) is 11.4. The zero-order valence-electron chi connectivity index (χ0n) is 13.3. The zero-order chi connectivity index (χ0) is 17.5. The fourth-order valence-electron chi connectivity index (χ4n) is 2.19. The summed E-state index contributed by atoms with van der Waals surface area (Å²) in [7, 11) is 0. The summed E-state index contributed by atoms with van der Waals surface area (Å²) in [6, 6.07) is 6.75. The largest absolute Gasteiger partial charge is 0.346 e. The fourth-order valence-corrected chi connectivity index (χ4v) is 2.19. The first kappa shape index (κ1) is 17.5. The lowest BCUT2D eigenvalue weighted by Gasteiger charge is -2.20. The van der Waals surface area contributed by atoms with Crippen molar-refractivity contribution in [2.24, 2.45) is 0 Å². The van der Waals surface area contributed by atoms with Gasteiger partial charge in [0.05, 0.1) is 19.6 Å². The van der Waals surface area contributed by atoms with Gasteiger partial charge >= 0.3 is 0 Å². The molecule has 8 nitrogen and oxygen atoms in total. The SMILES string of the molecule is Cc1ccc(CC2NC(=O)CNC(=O)CNC(=O)CNC2=O)cc1. The smallest absolute Gasteiger partial charge is 0.243 e. The lowest BCUT2D eigenvalue weighted by Crippen LogP contribution is -2.54. The van der Waals surface area contributed by atoms with E-state index in [0.29, 0.717) is 0 Å². The van der Waals surface area contributed by atoms with Gasteiger partial charge in [-0.1, -0.05) is 29.8 Å². The Labute approximate surface area is 139 Å². The van der Waals surface area contributed by atoms with Gasteiger partial charge in [0.25, 0.3) is 0 Å². The number of carbonyl (C=O) groups is 4. The van der Waals surface area contributed by atoms with E-state index in [1.807, 2.05) is 31.2 Å². The average Bonchev–Trinajstić information content (AvgIpc) is 2.56. The molecule has 8 heteroatoms. The van der Waals surface area contributed by atoms with Crippen LogP contribution in [0.1, 0.15) is 11.1 Å². The maximum atomic E-state index is 12.3. The maximum Gasteiger partial charge on any atom is 0.243 e. The van der Waals surface area contributed by atoms with Crippen LogP contribution >= 0.6 is 0 Å². The Balaban J connectivity index is 2.10. The minimum Gasteiger partial charge on any atom is -0.346 e. The lowest BCUT2D eigenvalue weighted by molar-refractivity contribution is -0.132. The van der Waals surface area contributed by atoms with Crippen molar-refractivity contribution < 1.29 is 19.2 Å². The molecule has 2 rings (SSSR count). The van der Waals surface area contributed by atoms with Crippen molar-refractivity contribution >= 4 is 23.6 Å². The number of rotatable bonds is 2. The van der Waals surface area contributed by atoms with Crippen LogP contribution in [-0.2, 0) is 25.6 Å². The average molecular weight is 332 g/mol. The van der Waals surface area contributed by atoms with Gasteiger partial charge in [0.15, 0.2) is 0 Å². The highest BCUT2D eigenvalue weighted by Crippen LogP contribution is 2.06. The Hall–Kier alpha value is -2.90. The van der Waals surface area contributed by atoms with Crippen LogP contribution in [0.5, 0.6) is 0 Å². The Morgan fingerprint density at radius 1 is 0.833 bits per heavy atom. The summed E-state index contributed by atoms with van der Waals surface area (Å²) in [6.45, 7) is 1.20. The van der Waals surface area contributed by atoms with E-state index < -0.39 is 29.7 Å². The summed E-state index contributed by atoms with van der Waals surface area (Å²) in [4.78, 5) is 47.2. The quantitative estimate of drug-likeness (QED) is 0.521. The van der Waals surface area contributed by atoms with E-state index in [1.165, 1.54) is 0 Å². The molecule has 1 fully saturated rings. The van der Waals surface area contributed by atoms with Crippen LogP contribution in [0.2, 0.25) is 0 Å². The van der Waals surface area contributed by atoms with E-state index in [1.54, 1.807) is 0 Å². The van der Waals surface area contributed by atoms with Gasteiger partial charge in [-0.2, -0.15) is 0 Å². The van der Waals surface area contributed by atoms with Crippen molar-refractivity contribution in [2.45, 2.75) is 19.4 Å². The first-order valence-electron chi connectivity index (χ1n) is 7.60. The molecule has 1 aromatic carbocycles. The van der Waals surface area contributed by atoms with E-state index in [-0.39, 0.29) is 26.1 Å². The number of aryl methyl sites for hydroxylation is 1. The number of benzene rings is 1. The normalized spacial score (nSPS) is 20.0.